The van der Waals surface area contributed by atoms with E-state index < -0.39 is 0 Å². The van der Waals surface area contributed by atoms with Crippen molar-refractivity contribution in [2.24, 2.45) is 5.92 Å². The molecule has 1 fully saturated rings. The molecule has 1 aromatic rings. The Balaban J connectivity index is 1.84. The maximum absolute atomic E-state index is 6.06. The lowest BCUT2D eigenvalue weighted by Gasteiger charge is -2.24. The Bertz CT molecular complexity index is 435. The Hall–Kier alpha value is -1.02. The molecule has 104 valence electrons. The van der Waals surface area contributed by atoms with E-state index in [0.717, 1.165) is 12.5 Å². The van der Waals surface area contributed by atoms with Crippen molar-refractivity contribution in [3.63, 3.8) is 0 Å². The van der Waals surface area contributed by atoms with Gasteiger partial charge in [0.1, 0.15) is 5.75 Å². The Labute approximate surface area is 116 Å². The predicted molar refractivity (Wildman–Crippen MR) is 78.9 cm³/mol. The van der Waals surface area contributed by atoms with E-state index in [2.05, 4.69) is 24.4 Å². The topological polar surface area (TPSA) is 21.3 Å². The number of hydrogen-bond acceptors (Lipinski definition) is 2. The quantitative estimate of drug-likeness (QED) is 0.880. The molecule has 0 aliphatic carbocycles. The van der Waals surface area contributed by atoms with Crippen LogP contribution < -0.4 is 10.1 Å². The molecule has 0 bridgehead atoms. The molecule has 1 aromatic carbocycles. The van der Waals surface area contributed by atoms with Gasteiger partial charge >= 0.3 is 0 Å². The zero-order valence-corrected chi connectivity index (χ0v) is 12.0. The molecular formula is C17H25NO. The third-order valence-electron chi connectivity index (χ3n) is 4.38. The largest absolute Gasteiger partial charge is 0.493 e. The number of piperidine rings is 1. The number of aryl methyl sites for hydroxylation is 2. The van der Waals surface area contributed by atoms with Crippen molar-refractivity contribution in [3.05, 3.63) is 28.8 Å². The van der Waals surface area contributed by atoms with Crippen LogP contribution >= 0.6 is 0 Å². The second-order valence-corrected chi connectivity index (χ2v) is 6.13. The molecule has 2 aliphatic rings. The molecule has 1 saturated heterocycles. The van der Waals surface area contributed by atoms with E-state index in [0.29, 0.717) is 0 Å². The molecule has 1 atom stereocenters. The Kier molecular flexibility index (Phi) is 4.07. The monoisotopic (exact) mass is 259 g/mol. The molecule has 0 spiro atoms. The zero-order chi connectivity index (χ0) is 13.1. The second kappa shape index (κ2) is 5.96. The van der Waals surface area contributed by atoms with Crippen LogP contribution in [-0.2, 0) is 12.8 Å². The van der Waals surface area contributed by atoms with Gasteiger partial charge in [-0.15, -0.1) is 0 Å². The standard InChI is InChI=1S/C17H25NO/c1-13-9-15-6-2-3-8-19-17(15)16(10-13)11-14-5-4-7-18-12-14/h9-10,14,18H,2-8,11-12H2,1H3. The average Bonchev–Trinajstić information content (AvgIpc) is 2.65. The van der Waals surface area contributed by atoms with Crippen molar-refractivity contribution in [1.82, 2.24) is 5.32 Å². The minimum Gasteiger partial charge on any atom is -0.493 e. The molecule has 0 radical (unpaired) electrons. The molecule has 2 heterocycles. The van der Waals surface area contributed by atoms with Crippen molar-refractivity contribution in [2.75, 3.05) is 19.7 Å². The fourth-order valence-corrected chi connectivity index (χ4v) is 3.45. The van der Waals surface area contributed by atoms with Gasteiger partial charge in [0.15, 0.2) is 0 Å². The Morgan fingerprint density at radius 2 is 2.21 bits per heavy atom. The maximum Gasteiger partial charge on any atom is 0.125 e. The minimum atomic E-state index is 0.784. The molecule has 0 saturated carbocycles. The third kappa shape index (κ3) is 3.11. The summed E-state index contributed by atoms with van der Waals surface area (Å²) in [6, 6.07) is 4.67. The molecule has 19 heavy (non-hydrogen) atoms. The van der Waals surface area contributed by atoms with E-state index >= 15 is 0 Å². The van der Waals surface area contributed by atoms with Gasteiger partial charge in [0.25, 0.3) is 0 Å². The number of hydrogen-bond donors (Lipinski definition) is 1. The summed E-state index contributed by atoms with van der Waals surface area (Å²) in [4.78, 5) is 0. The molecule has 2 nitrogen and oxygen atoms in total. The van der Waals surface area contributed by atoms with Crippen LogP contribution in [-0.4, -0.2) is 19.7 Å². The summed E-state index contributed by atoms with van der Waals surface area (Å²) >= 11 is 0. The molecule has 2 heteroatoms. The van der Waals surface area contributed by atoms with Crippen molar-refractivity contribution in [2.45, 2.75) is 45.4 Å². The maximum atomic E-state index is 6.06. The smallest absolute Gasteiger partial charge is 0.125 e. The minimum absolute atomic E-state index is 0.784. The highest BCUT2D eigenvalue weighted by Gasteiger charge is 2.19. The van der Waals surface area contributed by atoms with Gasteiger partial charge in [0.2, 0.25) is 0 Å². The van der Waals surface area contributed by atoms with E-state index in [1.165, 1.54) is 74.1 Å². The summed E-state index contributed by atoms with van der Waals surface area (Å²) in [6.07, 6.45) is 7.50. The van der Waals surface area contributed by atoms with Crippen LogP contribution in [0.25, 0.3) is 0 Å². The lowest BCUT2D eigenvalue weighted by molar-refractivity contribution is 0.308. The van der Waals surface area contributed by atoms with Crippen molar-refractivity contribution in [3.8, 4) is 5.75 Å². The van der Waals surface area contributed by atoms with E-state index in [-0.39, 0.29) is 0 Å². The van der Waals surface area contributed by atoms with Gasteiger partial charge < -0.3 is 10.1 Å². The van der Waals surface area contributed by atoms with E-state index in [1.807, 2.05) is 0 Å². The second-order valence-electron chi connectivity index (χ2n) is 6.13. The molecule has 1 N–H and O–H groups in total. The molecule has 0 amide bonds. The van der Waals surface area contributed by atoms with Gasteiger partial charge in [0.05, 0.1) is 6.61 Å². The Morgan fingerprint density at radius 3 is 3.05 bits per heavy atom. The average molecular weight is 259 g/mol. The first-order valence-electron chi connectivity index (χ1n) is 7.79. The summed E-state index contributed by atoms with van der Waals surface area (Å²) in [5, 5.41) is 3.52. The van der Waals surface area contributed by atoms with E-state index in [1.54, 1.807) is 0 Å². The highest BCUT2D eigenvalue weighted by Crippen LogP contribution is 2.32. The van der Waals surface area contributed by atoms with Gasteiger partial charge in [-0.25, -0.2) is 0 Å². The van der Waals surface area contributed by atoms with Crippen LogP contribution in [0, 0.1) is 12.8 Å². The van der Waals surface area contributed by atoms with Gasteiger partial charge in [-0.1, -0.05) is 17.7 Å². The molecule has 3 rings (SSSR count). The van der Waals surface area contributed by atoms with Gasteiger partial charge in [0, 0.05) is 0 Å². The van der Waals surface area contributed by atoms with Crippen molar-refractivity contribution >= 4 is 0 Å². The molecule has 0 aromatic heterocycles. The van der Waals surface area contributed by atoms with Crippen LogP contribution in [0.4, 0.5) is 0 Å². The summed E-state index contributed by atoms with van der Waals surface area (Å²) in [7, 11) is 0. The first kappa shape index (κ1) is 13.0. The number of benzene rings is 1. The van der Waals surface area contributed by atoms with Gasteiger partial charge in [-0.3, -0.25) is 0 Å². The first-order chi connectivity index (χ1) is 9.33. The zero-order valence-electron chi connectivity index (χ0n) is 12.0. The SMILES string of the molecule is Cc1cc2c(c(CC3CCCNC3)c1)OCCCC2. The number of ether oxygens (including phenoxy) is 1. The number of fused-ring (bicyclic) bond motifs is 1. The van der Waals surface area contributed by atoms with Crippen LogP contribution in [0.15, 0.2) is 12.1 Å². The lowest BCUT2D eigenvalue weighted by Crippen LogP contribution is -2.31. The fourth-order valence-electron chi connectivity index (χ4n) is 3.45. The normalized spacial score (nSPS) is 23.3. The van der Waals surface area contributed by atoms with Crippen LogP contribution in [0.3, 0.4) is 0 Å². The highest BCUT2D eigenvalue weighted by atomic mass is 16.5. The van der Waals surface area contributed by atoms with E-state index in [4.69, 9.17) is 4.74 Å². The summed E-state index contributed by atoms with van der Waals surface area (Å²) in [5.41, 5.74) is 4.28. The lowest BCUT2D eigenvalue weighted by atomic mass is 9.90. The van der Waals surface area contributed by atoms with Gasteiger partial charge in [-0.05, 0) is 75.6 Å². The molecule has 1 unspecified atom stereocenters. The highest BCUT2D eigenvalue weighted by molar-refractivity contribution is 5.45. The van der Waals surface area contributed by atoms with Crippen LogP contribution in [0.2, 0.25) is 0 Å². The van der Waals surface area contributed by atoms with E-state index in [9.17, 15) is 0 Å². The summed E-state index contributed by atoms with van der Waals surface area (Å²) in [6.45, 7) is 5.47. The predicted octanol–water partition coefficient (Wildman–Crippen LogP) is 3.25. The van der Waals surface area contributed by atoms with Crippen molar-refractivity contribution < 1.29 is 4.74 Å². The van der Waals surface area contributed by atoms with Crippen LogP contribution in [0.5, 0.6) is 5.75 Å². The Morgan fingerprint density at radius 1 is 1.26 bits per heavy atom. The fraction of sp³-hybridized carbons (Fsp3) is 0.647. The molecular weight excluding hydrogens is 234 g/mol. The van der Waals surface area contributed by atoms with Crippen molar-refractivity contribution in [1.29, 1.82) is 0 Å². The molecule has 2 aliphatic heterocycles. The van der Waals surface area contributed by atoms with Gasteiger partial charge in [-0.2, -0.15) is 0 Å². The number of nitrogens with one attached hydrogen (secondary N) is 1. The number of rotatable bonds is 2. The first-order valence-corrected chi connectivity index (χ1v) is 7.79. The third-order valence-corrected chi connectivity index (χ3v) is 4.38. The summed E-state index contributed by atoms with van der Waals surface area (Å²) in [5.74, 6) is 2.00. The summed E-state index contributed by atoms with van der Waals surface area (Å²) < 4.78 is 6.06. The van der Waals surface area contributed by atoms with Crippen LogP contribution in [0.1, 0.15) is 42.4 Å².